The van der Waals surface area contributed by atoms with Crippen LogP contribution in [0.15, 0.2) is 24.3 Å². The summed E-state index contributed by atoms with van der Waals surface area (Å²) in [4.78, 5) is 13.2. The van der Waals surface area contributed by atoms with Crippen molar-refractivity contribution in [2.24, 2.45) is 11.8 Å². The Labute approximate surface area is 129 Å². The van der Waals surface area contributed by atoms with E-state index in [4.69, 9.17) is 5.73 Å². The molecule has 1 fully saturated rings. The first-order chi connectivity index (χ1) is 10.1. The zero-order chi connectivity index (χ0) is 15.0. The van der Waals surface area contributed by atoms with Crippen LogP contribution < -0.4 is 11.1 Å². The third-order valence-electron chi connectivity index (χ3n) is 4.83. The number of rotatable bonds is 3. The number of benzene rings is 1. The van der Waals surface area contributed by atoms with Gasteiger partial charge in [0.1, 0.15) is 0 Å². The number of thiophene rings is 1. The lowest BCUT2D eigenvalue weighted by atomic mass is 9.93. The summed E-state index contributed by atoms with van der Waals surface area (Å²) in [6.07, 6.45) is 3.53. The lowest BCUT2D eigenvalue weighted by Crippen LogP contribution is -2.37. The van der Waals surface area contributed by atoms with E-state index in [0.717, 1.165) is 33.0 Å². The van der Waals surface area contributed by atoms with Gasteiger partial charge >= 0.3 is 0 Å². The van der Waals surface area contributed by atoms with Crippen molar-refractivity contribution >= 4 is 33.0 Å². The van der Waals surface area contributed by atoms with Gasteiger partial charge < -0.3 is 11.1 Å². The molecule has 1 aliphatic carbocycles. The van der Waals surface area contributed by atoms with Gasteiger partial charge in [0.25, 0.3) is 5.91 Å². The topological polar surface area (TPSA) is 55.1 Å². The van der Waals surface area contributed by atoms with E-state index in [1.165, 1.54) is 24.2 Å². The van der Waals surface area contributed by atoms with Crippen LogP contribution in [-0.2, 0) is 0 Å². The van der Waals surface area contributed by atoms with Crippen molar-refractivity contribution in [3.8, 4) is 0 Å². The third-order valence-corrected chi connectivity index (χ3v) is 5.95. The van der Waals surface area contributed by atoms with Crippen LogP contribution in [-0.4, -0.2) is 11.9 Å². The highest BCUT2D eigenvalue weighted by Gasteiger charge is 2.32. The van der Waals surface area contributed by atoms with E-state index in [-0.39, 0.29) is 5.91 Å². The number of nitrogens with one attached hydrogen (secondary N) is 1. The molecule has 0 aliphatic heterocycles. The van der Waals surface area contributed by atoms with Gasteiger partial charge in [-0.05, 0) is 54.3 Å². The molecule has 1 saturated carbocycles. The fraction of sp³-hybridized carbons (Fsp3) is 0.471. The number of nitrogens with two attached hydrogens (primary N) is 1. The summed E-state index contributed by atoms with van der Waals surface area (Å²) in [5, 5.41) is 4.28. The van der Waals surface area contributed by atoms with Crippen molar-refractivity contribution in [3.63, 3.8) is 0 Å². The van der Waals surface area contributed by atoms with Crippen LogP contribution in [0, 0.1) is 11.8 Å². The molecule has 112 valence electrons. The highest BCUT2D eigenvalue weighted by molar-refractivity contribution is 7.20. The zero-order valence-electron chi connectivity index (χ0n) is 12.6. The summed E-state index contributed by atoms with van der Waals surface area (Å²) in [6, 6.07) is 8.05. The molecule has 3 N–H and O–H groups in total. The Morgan fingerprint density at radius 3 is 2.90 bits per heavy atom. The molecule has 0 radical (unpaired) electrons. The minimum atomic E-state index is 0.0587. The van der Waals surface area contributed by atoms with Crippen LogP contribution in [0.4, 0.5) is 5.69 Å². The Bertz CT molecular complexity index is 664. The van der Waals surface area contributed by atoms with Gasteiger partial charge in [-0.1, -0.05) is 20.3 Å². The Hall–Kier alpha value is -1.55. The number of carbonyl (C=O) groups is 1. The Balaban J connectivity index is 1.75. The number of anilines is 1. The van der Waals surface area contributed by atoms with E-state index in [1.807, 2.05) is 24.3 Å². The Morgan fingerprint density at radius 2 is 2.19 bits per heavy atom. The van der Waals surface area contributed by atoms with Gasteiger partial charge in [-0.15, -0.1) is 11.3 Å². The van der Waals surface area contributed by atoms with Crippen molar-refractivity contribution in [1.29, 1.82) is 0 Å². The lowest BCUT2D eigenvalue weighted by Gasteiger charge is -2.20. The molecule has 3 atom stereocenters. The number of hydrogen-bond donors (Lipinski definition) is 2. The minimum absolute atomic E-state index is 0.0587. The first kappa shape index (κ1) is 14.4. The molecule has 0 spiro atoms. The summed E-state index contributed by atoms with van der Waals surface area (Å²) in [7, 11) is 0. The van der Waals surface area contributed by atoms with Crippen molar-refractivity contribution in [3.05, 3.63) is 29.1 Å². The second-order valence-electron chi connectivity index (χ2n) is 6.09. The molecule has 1 aromatic carbocycles. The number of hydrogen-bond acceptors (Lipinski definition) is 3. The molecule has 0 saturated heterocycles. The van der Waals surface area contributed by atoms with Gasteiger partial charge in [0.15, 0.2) is 0 Å². The number of fused-ring (bicyclic) bond motifs is 1. The quantitative estimate of drug-likeness (QED) is 0.841. The van der Waals surface area contributed by atoms with Crippen LogP contribution in [0.2, 0.25) is 0 Å². The maximum absolute atomic E-state index is 12.5. The van der Waals surface area contributed by atoms with E-state index < -0.39 is 0 Å². The van der Waals surface area contributed by atoms with E-state index in [0.29, 0.717) is 12.0 Å². The van der Waals surface area contributed by atoms with E-state index in [2.05, 4.69) is 19.2 Å². The summed E-state index contributed by atoms with van der Waals surface area (Å²) < 4.78 is 1.11. The van der Waals surface area contributed by atoms with Gasteiger partial charge in [0.2, 0.25) is 0 Å². The highest BCUT2D eigenvalue weighted by Crippen LogP contribution is 2.34. The van der Waals surface area contributed by atoms with Crippen LogP contribution in [0.5, 0.6) is 0 Å². The smallest absolute Gasteiger partial charge is 0.261 e. The van der Waals surface area contributed by atoms with Crippen molar-refractivity contribution < 1.29 is 4.79 Å². The van der Waals surface area contributed by atoms with E-state index in [1.54, 1.807) is 0 Å². The van der Waals surface area contributed by atoms with Crippen molar-refractivity contribution in [2.45, 2.75) is 39.2 Å². The molecule has 21 heavy (non-hydrogen) atoms. The average molecular weight is 302 g/mol. The summed E-state index contributed by atoms with van der Waals surface area (Å²) in [5.41, 5.74) is 6.53. The molecule has 1 amide bonds. The van der Waals surface area contributed by atoms with E-state index >= 15 is 0 Å². The van der Waals surface area contributed by atoms with Crippen LogP contribution >= 0.6 is 11.3 Å². The van der Waals surface area contributed by atoms with Crippen molar-refractivity contribution in [1.82, 2.24) is 5.32 Å². The maximum Gasteiger partial charge on any atom is 0.261 e. The Morgan fingerprint density at radius 1 is 1.38 bits per heavy atom. The van der Waals surface area contributed by atoms with Gasteiger partial charge in [-0.25, -0.2) is 0 Å². The zero-order valence-corrected chi connectivity index (χ0v) is 13.4. The number of nitrogen functional groups attached to an aromatic ring is 1. The number of carbonyl (C=O) groups excluding carboxylic acids is 1. The van der Waals surface area contributed by atoms with Crippen molar-refractivity contribution in [2.75, 3.05) is 5.73 Å². The molecule has 4 heteroatoms. The number of amides is 1. The standard InChI is InChI=1S/C17H22N2OS/c1-3-11-4-6-14(10(11)2)19-17(20)16-9-12-8-13(18)5-7-15(12)21-16/h5,7-11,14H,3-4,6,18H2,1-2H3,(H,19,20). The summed E-state index contributed by atoms with van der Waals surface area (Å²) in [6.45, 7) is 4.50. The molecule has 1 aliphatic rings. The largest absolute Gasteiger partial charge is 0.399 e. The predicted molar refractivity (Wildman–Crippen MR) is 89.7 cm³/mol. The second kappa shape index (κ2) is 5.68. The molecular formula is C17H22N2OS. The van der Waals surface area contributed by atoms with Gasteiger partial charge in [-0.2, -0.15) is 0 Å². The summed E-state index contributed by atoms with van der Waals surface area (Å²) in [5.74, 6) is 1.38. The predicted octanol–water partition coefficient (Wildman–Crippen LogP) is 4.04. The third kappa shape index (κ3) is 2.77. The lowest BCUT2D eigenvalue weighted by molar-refractivity contribution is 0.0931. The fourth-order valence-electron chi connectivity index (χ4n) is 3.44. The molecule has 2 aromatic rings. The molecule has 3 nitrogen and oxygen atoms in total. The monoisotopic (exact) mass is 302 g/mol. The van der Waals surface area contributed by atoms with Gasteiger partial charge in [0.05, 0.1) is 4.88 Å². The molecule has 3 rings (SSSR count). The van der Waals surface area contributed by atoms with Crippen LogP contribution in [0.1, 0.15) is 42.8 Å². The Kier molecular flexibility index (Phi) is 3.89. The maximum atomic E-state index is 12.5. The second-order valence-corrected chi connectivity index (χ2v) is 7.18. The molecular weight excluding hydrogens is 280 g/mol. The normalized spacial score (nSPS) is 25.3. The average Bonchev–Trinajstić information content (AvgIpc) is 3.03. The van der Waals surface area contributed by atoms with Gasteiger partial charge in [-0.3, -0.25) is 4.79 Å². The molecule has 0 bridgehead atoms. The first-order valence-electron chi connectivity index (χ1n) is 7.68. The van der Waals surface area contributed by atoms with Crippen LogP contribution in [0.25, 0.3) is 10.1 Å². The molecule has 1 aromatic heterocycles. The van der Waals surface area contributed by atoms with Crippen LogP contribution in [0.3, 0.4) is 0 Å². The fourth-order valence-corrected chi connectivity index (χ4v) is 4.39. The molecule has 1 heterocycles. The highest BCUT2D eigenvalue weighted by atomic mass is 32.1. The first-order valence-corrected chi connectivity index (χ1v) is 8.50. The van der Waals surface area contributed by atoms with E-state index in [9.17, 15) is 4.79 Å². The van der Waals surface area contributed by atoms with Gasteiger partial charge in [0, 0.05) is 16.4 Å². The SMILES string of the molecule is CCC1CCC(NC(=O)c2cc3cc(N)ccc3s2)C1C. The minimum Gasteiger partial charge on any atom is -0.399 e. The summed E-state index contributed by atoms with van der Waals surface area (Å²) >= 11 is 1.54. The molecule has 3 unspecified atom stereocenters.